The highest BCUT2D eigenvalue weighted by molar-refractivity contribution is 7.89. The number of nitrogens with two attached hydrogens (primary N) is 1. The monoisotopic (exact) mass is 283 g/mol. The van der Waals surface area contributed by atoms with Crippen molar-refractivity contribution in [1.82, 2.24) is 9.71 Å². The number of hydrogen-bond acceptors (Lipinski definition) is 5. The van der Waals surface area contributed by atoms with Gasteiger partial charge in [0, 0.05) is 11.1 Å². The molecule has 0 saturated carbocycles. The van der Waals surface area contributed by atoms with E-state index in [4.69, 9.17) is 5.73 Å². The van der Waals surface area contributed by atoms with Crippen LogP contribution in [0.15, 0.2) is 40.7 Å². The topological polar surface area (TPSA) is 85.1 Å². The number of anilines is 1. The number of hydrogen-bond donors (Lipinski definition) is 2. The number of pyridine rings is 1. The van der Waals surface area contributed by atoms with E-state index in [9.17, 15) is 8.42 Å². The third-order valence-corrected chi connectivity index (χ3v) is 4.95. The maximum absolute atomic E-state index is 12.1. The highest BCUT2D eigenvalue weighted by Crippen LogP contribution is 2.20. The molecule has 3 N–H and O–H groups in total. The van der Waals surface area contributed by atoms with E-state index in [1.54, 1.807) is 6.92 Å². The molecule has 0 bridgehead atoms. The van der Waals surface area contributed by atoms with E-state index in [0.29, 0.717) is 5.82 Å². The molecule has 0 saturated heterocycles. The molecular formula is C11H13N3O2S2. The molecule has 2 aromatic rings. The number of rotatable bonds is 4. The second-order valence-electron chi connectivity index (χ2n) is 3.78. The lowest BCUT2D eigenvalue weighted by molar-refractivity contribution is 0.568. The number of nitrogens with zero attached hydrogens (tertiary/aromatic N) is 1. The number of aromatic nitrogens is 1. The molecule has 18 heavy (non-hydrogen) atoms. The maximum atomic E-state index is 12.1. The third kappa shape index (κ3) is 2.87. The van der Waals surface area contributed by atoms with E-state index in [1.165, 1.54) is 29.7 Å². The lowest BCUT2D eigenvalue weighted by Crippen LogP contribution is -2.26. The van der Waals surface area contributed by atoms with Crippen LogP contribution in [-0.4, -0.2) is 13.4 Å². The minimum atomic E-state index is -3.56. The minimum Gasteiger partial charge on any atom is -0.384 e. The van der Waals surface area contributed by atoms with Gasteiger partial charge in [0.05, 0.1) is 6.04 Å². The Morgan fingerprint density at radius 3 is 2.72 bits per heavy atom. The number of thiophene rings is 1. The van der Waals surface area contributed by atoms with Gasteiger partial charge in [-0.1, -0.05) is 6.07 Å². The summed E-state index contributed by atoms with van der Waals surface area (Å²) in [5.41, 5.74) is 5.42. The van der Waals surface area contributed by atoms with Crippen LogP contribution in [0.25, 0.3) is 0 Å². The first-order valence-electron chi connectivity index (χ1n) is 5.26. The highest BCUT2D eigenvalue weighted by Gasteiger charge is 2.19. The molecule has 0 aliphatic heterocycles. The van der Waals surface area contributed by atoms with Crippen molar-refractivity contribution >= 4 is 27.2 Å². The Balaban J connectivity index is 2.20. The van der Waals surface area contributed by atoms with Crippen LogP contribution in [0.1, 0.15) is 17.8 Å². The fourth-order valence-corrected chi connectivity index (χ4v) is 3.42. The average molecular weight is 283 g/mol. The zero-order chi connectivity index (χ0) is 13.2. The van der Waals surface area contributed by atoms with E-state index in [2.05, 4.69) is 9.71 Å². The zero-order valence-corrected chi connectivity index (χ0v) is 11.3. The molecule has 0 aliphatic rings. The van der Waals surface area contributed by atoms with Crippen molar-refractivity contribution in [2.45, 2.75) is 17.9 Å². The third-order valence-electron chi connectivity index (χ3n) is 2.37. The van der Waals surface area contributed by atoms with Crippen molar-refractivity contribution in [2.75, 3.05) is 5.73 Å². The fraction of sp³-hybridized carbons (Fsp3) is 0.182. The van der Waals surface area contributed by atoms with Gasteiger partial charge in [0.25, 0.3) is 0 Å². The number of nitrogen functional groups attached to an aromatic ring is 1. The minimum absolute atomic E-state index is 0.111. The van der Waals surface area contributed by atoms with Gasteiger partial charge < -0.3 is 5.73 Å². The molecule has 5 nitrogen and oxygen atoms in total. The molecule has 0 radical (unpaired) electrons. The van der Waals surface area contributed by atoms with E-state index >= 15 is 0 Å². The molecule has 96 valence electrons. The average Bonchev–Trinajstić information content (AvgIpc) is 2.82. The van der Waals surface area contributed by atoms with Crippen LogP contribution in [0.2, 0.25) is 0 Å². The van der Waals surface area contributed by atoms with Crippen molar-refractivity contribution in [3.63, 3.8) is 0 Å². The molecule has 2 aromatic heterocycles. The standard InChI is InChI=1S/C11H13N3O2S2/c1-8(10-3-2-6-17-10)14-18(15,16)9-4-5-11(12)13-7-9/h2-8,14H,1H3,(H2,12,13). The Labute approximate surface area is 110 Å². The molecule has 0 fully saturated rings. The summed E-state index contributed by atoms with van der Waals surface area (Å²) in [6.07, 6.45) is 1.25. The molecule has 2 heterocycles. The zero-order valence-electron chi connectivity index (χ0n) is 9.70. The van der Waals surface area contributed by atoms with Crippen LogP contribution in [0, 0.1) is 0 Å². The van der Waals surface area contributed by atoms with Gasteiger partial charge in [-0.25, -0.2) is 18.1 Å². The Kier molecular flexibility index (Phi) is 3.65. The largest absolute Gasteiger partial charge is 0.384 e. The smallest absolute Gasteiger partial charge is 0.242 e. The maximum Gasteiger partial charge on any atom is 0.242 e. The van der Waals surface area contributed by atoms with E-state index in [1.807, 2.05) is 17.5 Å². The summed E-state index contributed by atoms with van der Waals surface area (Å²) in [6, 6.07) is 6.40. The fourth-order valence-electron chi connectivity index (χ4n) is 1.45. The van der Waals surface area contributed by atoms with Gasteiger partial charge in [0.2, 0.25) is 10.0 Å². The van der Waals surface area contributed by atoms with Gasteiger partial charge >= 0.3 is 0 Å². The Bertz CT molecular complexity index is 606. The second kappa shape index (κ2) is 5.05. The van der Waals surface area contributed by atoms with Crippen molar-refractivity contribution in [1.29, 1.82) is 0 Å². The molecule has 7 heteroatoms. The highest BCUT2D eigenvalue weighted by atomic mass is 32.2. The van der Waals surface area contributed by atoms with Gasteiger partial charge in [-0.15, -0.1) is 11.3 Å². The summed E-state index contributed by atoms with van der Waals surface area (Å²) in [5.74, 6) is 0.292. The van der Waals surface area contributed by atoms with Crippen LogP contribution in [0.5, 0.6) is 0 Å². The normalized spacial score (nSPS) is 13.4. The molecule has 0 spiro atoms. The Morgan fingerprint density at radius 2 is 2.17 bits per heavy atom. The van der Waals surface area contributed by atoms with Crippen molar-refractivity contribution in [2.24, 2.45) is 0 Å². The summed E-state index contributed by atoms with van der Waals surface area (Å²) < 4.78 is 26.7. The molecule has 2 rings (SSSR count). The molecule has 0 aromatic carbocycles. The van der Waals surface area contributed by atoms with Crippen molar-refractivity contribution in [3.8, 4) is 0 Å². The SMILES string of the molecule is CC(NS(=O)(=O)c1ccc(N)nc1)c1cccs1. The lowest BCUT2D eigenvalue weighted by atomic mass is 10.3. The second-order valence-corrected chi connectivity index (χ2v) is 6.47. The molecular weight excluding hydrogens is 270 g/mol. The first-order chi connectivity index (χ1) is 8.49. The van der Waals surface area contributed by atoms with E-state index in [0.717, 1.165) is 4.88 Å². The summed E-state index contributed by atoms with van der Waals surface area (Å²) in [6.45, 7) is 1.80. The summed E-state index contributed by atoms with van der Waals surface area (Å²) in [5, 5.41) is 1.91. The number of sulfonamides is 1. The van der Waals surface area contributed by atoms with E-state index < -0.39 is 10.0 Å². The lowest BCUT2D eigenvalue weighted by Gasteiger charge is -2.12. The van der Waals surface area contributed by atoms with Crippen LogP contribution >= 0.6 is 11.3 Å². The predicted molar refractivity (Wildman–Crippen MR) is 71.7 cm³/mol. The van der Waals surface area contributed by atoms with Crippen LogP contribution in [0.4, 0.5) is 5.82 Å². The predicted octanol–water partition coefficient (Wildman–Crippen LogP) is 1.76. The van der Waals surface area contributed by atoms with Crippen LogP contribution in [0.3, 0.4) is 0 Å². The van der Waals surface area contributed by atoms with Gasteiger partial charge in [-0.2, -0.15) is 0 Å². The summed E-state index contributed by atoms with van der Waals surface area (Å²) in [7, 11) is -3.56. The molecule has 0 aliphatic carbocycles. The van der Waals surface area contributed by atoms with Gasteiger partial charge in [0.15, 0.2) is 0 Å². The van der Waals surface area contributed by atoms with Gasteiger partial charge in [0.1, 0.15) is 10.7 Å². The van der Waals surface area contributed by atoms with Gasteiger partial charge in [-0.05, 0) is 30.5 Å². The quantitative estimate of drug-likeness (QED) is 0.895. The molecule has 1 atom stereocenters. The first kappa shape index (κ1) is 13.0. The van der Waals surface area contributed by atoms with Gasteiger partial charge in [-0.3, -0.25) is 0 Å². The van der Waals surface area contributed by atoms with Crippen LogP contribution < -0.4 is 10.5 Å². The van der Waals surface area contributed by atoms with Crippen molar-refractivity contribution < 1.29 is 8.42 Å². The molecule has 1 unspecified atom stereocenters. The molecule has 0 amide bonds. The van der Waals surface area contributed by atoms with Crippen molar-refractivity contribution in [3.05, 3.63) is 40.7 Å². The van der Waals surface area contributed by atoms with E-state index in [-0.39, 0.29) is 10.9 Å². The Hall–Kier alpha value is -1.44. The summed E-state index contributed by atoms with van der Waals surface area (Å²) >= 11 is 1.51. The Morgan fingerprint density at radius 1 is 1.39 bits per heavy atom. The summed E-state index contributed by atoms with van der Waals surface area (Å²) in [4.78, 5) is 4.85. The first-order valence-corrected chi connectivity index (χ1v) is 7.62. The van der Waals surface area contributed by atoms with Crippen LogP contribution in [-0.2, 0) is 10.0 Å². The number of nitrogens with one attached hydrogen (secondary N) is 1.